The van der Waals surface area contributed by atoms with Crippen LogP contribution in [-0.4, -0.2) is 30.9 Å². The number of carbonyl (C=O) groups excluding carboxylic acids is 2. The van der Waals surface area contributed by atoms with E-state index >= 15 is 0 Å². The molecule has 0 radical (unpaired) electrons. The molecule has 0 aliphatic carbocycles. The van der Waals surface area contributed by atoms with Crippen LogP contribution in [0.4, 0.5) is 11.4 Å². The molecule has 0 saturated carbocycles. The van der Waals surface area contributed by atoms with E-state index in [1.807, 2.05) is 6.26 Å². The average Bonchev–Trinajstić information content (AvgIpc) is 2.28. The molecule has 0 aromatic heterocycles. The molecule has 1 rings (SSSR count). The number of ether oxygens (including phenoxy) is 1. The van der Waals surface area contributed by atoms with Crippen molar-refractivity contribution in [3.63, 3.8) is 0 Å². The summed E-state index contributed by atoms with van der Waals surface area (Å²) < 4.78 is 5.15. The molecule has 0 unspecified atom stereocenters. The van der Waals surface area contributed by atoms with Crippen LogP contribution in [0.3, 0.4) is 0 Å². The van der Waals surface area contributed by atoms with Crippen LogP contribution in [0.5, 0.6) is 5.75 Å². The van der Waals surface area contributed by atoms with Gasteiger partial charge in [0.25, 0.3) is 0 Å². The molecule has 1 aromatic carbocycles. The highest BCUT2D eigenvalue weighted by molar-refractivity contribution is 7.99. The van der Waals surface area contributed by atoms with Crippen molar-refractivity contribution in [3.05, 3.63) is 18.2 Å². The Kier molecular flexibility index (Phi) is 5.51. The van der Waals surface area contributed by atoms with Crippen LogP contribution in [0.2, 0.25) is 0 Å². The fourth-order valence-corrected chi connectivity index (χ4v) is 1.74. The molecule has 6 heteroatoms. The first-order valence-electron chi connectivity index (χ1n) is 5.31. The summed E-state index contributed by atoms with van der Waals surface area (Å²) in [4.78, 5) is 22.5. The van der Waals surface area contributed by atoms with Crippen LogP contribution in [0.1, 0.15) is 6.92 Å². The first kappa shape index (κ1) is 14.4. The second-order valence-electron chi connectivity index (χ2n) is 3.58. The van der Waals surface area contributed by atoms with Gasteiger partial charge in [-0.15, -0.1) is 0 Å². The Labute approximate surface area is 110 Å². The second kappa shape index (κ2) is 6.90. The number of amides is 2. The topological polar surface area (TPSA) is 67.4 Å². The molecule has 0 fully saturated rings. The first-order valence-corrected chi connectivity index (χ1v) is 6.70. The number of hydrogen-bond acceptors (Lipinski definition) is 4. The van der Waals surface area contributed by atoms with Crippen LogP contribution >= 0.6 is 11.8 Å². The summed E-state index contributed by atoms with van der Waals surface area (Å²) in [7, 11) is 1.53. The van der Waals surface area contributed by atoms with Gasteiger partial charge in [-0.25, -0.2) is 0 Å². The molecule has 98 valence electrons. The van der Waals surface area contributed by atoms with Gasteiger partial charge in [0.1, 0.15) is 5.75 Å². The Morgan fingerprint density at radius 2 is 2.06 bits per heavy atom. The van der Waals surface area contributed by atoms with E-state index in [1.165, 1.54) is 25.8 Å². The number of rotatable bonds is 5. The van der Waals surface area contributed by atoms with Gasteiger partial charge < -0.3 is 15.4 Å². The molecule has 0 heterocycles. The lowest BCUT2D eigenvalue weighted by Gasteiger charge is -2.12. The summed E-state index contributed by atoms with van der Waals surface area (Å²) in [5, 5.41) is 5.39. The quantitative estimate of drug-likeness (QED) is 0.856. The molecule has 2 amide bonds. The van der Waals surface area contributed by atoms with Gasteiger partial charge in [0.2, 0.25) is 11.8 Å². The number of nitrogens with one attached hydrogen (secondary N) is 2. The van der Waals surface area contributed by atoms with Gasteiger partial charge in [-0.05, 0) is 24.5 Å². The minimum atomic E-state index is -0.165. The molecular weight excluding hydrogens is 252 g/mol. The zero-order valence-electron chi connectivity index (χ0n) is 10.6. The van der Waals surface area contributed by atoms with E-state index in [4.69, 9.17) is 4.74 Å². The maximum atomic E-state index is 11.5. The largest absolute Gasteiger partial charge is 0.495 e. The first-order chi connectivity index (χ1) is 8.56. The van der Waals surface area contributed by atoms with Crippen molar-refractivity contribution in [2.24, 2.45) is 0 Å². The SMILES string of the molecule is COc1ccc(NC(C)=O)cc1NC(=O)CSC. The van der Waals surface area contributed by atoms with Crippen molar-refractivity contribution >= 4 is 35.0 Å². The number of hydrogen-bond donors (Lipinski definition) is 2. The van der Waals surface area contributed by atoms with Gasteiger partial charge in [-0.3, -0.25) is 9.59 Å². The average molecular weight is 268 g/mol. The standard InChI is InChI=1S/C12H16N2O3S/c1-8(15)13-9-4-5-11(17-2)10(6-9)14-12(16)7-18-3/h4-6H,7H2,1-3H3,(H,13,15)(H,14,16). The van der Waals surface area contributed by atoms with E-state index in [1.54, 1.807) is 18.2 Å². The molecule has 0 atom stereocenters. The molecule has 0 aliphatic rings. The van der Waals surface area contributed by atoms with E-state index in [9.17, 15) is 9.59 Å². The van der Waals surface area contributed by atoms with E-state index in [0.717, 1.165) is 0 Å². The lowest BCUT2D eigenvalue weighted by Crippen LogP contribution is -2.15. The zero-order valence-corrected chi connectivity index (χ0v) is 11.4. The van der Waals surface area contributed by atoms with Gasteiger partial charge in [0.15, 0.2) is 0 Å². The van der Waals surface area contributed by atoms with Gasteiger partial charge in [-0.1, -0.05) is 0 Å². The monoisotopic (exact) mass is 268 g/mol. The molecular formula is C12H16N2O3S. The summed E-state index contributed by atoms with van der Waals surface area (Å²) in [5.74, 6) is 0.647. The lowest BCUT2D eigenvalue weighted by molar-refractivity contribution is -0.114. The summed E-state index contributed by atoms with van der Waals surface area (Å²) in [5.41, 5.74) is 1.16. The van der Waals surface area contributed by atoms with E-state index < -0.39 is 0 Å². The highest BCUT2D eigenvalue weighted by Gasteiger charge is 2.08. The fraction of sp³-hybridized carbons (Fsp3) is 0.333. The third kappa shape index (κ3) is 4.29. The molecule has 18 heavy (non-hydrogen) atoms. The number of anilines is 2. The molecule has 0 bridgehead atoms. The Hall–Kier alpha value is -1.69. The minimum absolute atomic E-state index is 0.110. The number of thioether (sulfide) groups is 1. The van der Waals surface area contributed by atoms with Crippen LogP contribution < -0.4 is 15.4 Å². The fourth-order valence-electron chi connectivity index (χ4n) is 1.40. The Morgan fingerprint density at radius 3 is 2.61 bits per heavy atom. The highest BCUT2D eigenvalue weighted by atomic mass is 32.2. The van der Waals surface area contributed by atoms with Crippen molar-refractivity contribution in [1.82, 2.24) is 0 Å². The summed E-state index contributed by atoms with van der Waals surface area (Å²) in [6, 6.07) is 5.07. The molecule has 5 nitrogen and oxygen atoms in total. The minimum Gasteiger partial charge on any atom is -0.495 e. The second-order valence-corrected chi connectivity index (χ2v) is 4.44. The van der Waals surface area contributed by atoms with Crippen LogP contribution in [-0.2, 0) is 9.59 Å². The third-order valence-corrected chi connectivity index (χ3v) is 2.62. The third-order valence-electron chi connectivity index (χ3n) is 2.07. The number of carbonyl (C=O) groups is 2. The van der Waals surface area contributed by atoms with E-state index in [2.05, 4.69) is 10.6 Å². The van der Waals surface area contributed by atoms with Crippen molar-refractivity contribution in [1.29, 1.82) is 0 Å². The van der Waals surface area contributed by atoms with Gasteiger partial charge >= 0.3 is 0 Å². The number of benzene rings is 1. The molecule has 2 N–H and O–H groups in total. The van der Waals surface area contributed by atoms with Crippen LogP contribution in [0.15, 0.2) is 18.2 Å². The summed E-state index contributed by atoms with van der Waals surface area (Å²) >= 11 is 1.43. The maximum Gasteiger partial charge on any atom is 0.234 e. The van der Waals surface area contributed by atoms with Gasteiger partial charge in [-0.2, -0.15) is 11.8 Å². The zero-order chi connectivity index (χ0) is 13.5. The highest BCUT2D eigenvalue weighted by Crippen LogP contribution is 2.27. The predicted molar refractivity (Wildman–Crippen MR) is 74.3 cm³/mol. The summed E-state index contributed by atoms with van der Waals surface area (Å²) in [6.45, 7) is 1.43. The van der Waals surface area contributed by atoms with Crippen molar-refractivity contribution in [2.75, 3.05) is 29.8 Å². The normalized spacial score (nSPS) is 9.72. The smallest absolute Gasteiger partial charge is 0.234 e. The molecule has 1 aromatic rings. The van der Waals surface area contributed by atoms with Gasteiger partial charge in [0.05, 0.1) is 18.6 Å². The van der Waals surface area contributed by atoms with Crippen molar-refractivity contribution in [2.45, 2.75) is 6.92 Å². The maximum absolute atomic E-state index is 11.5. The lowest BCUT2D eigenvalue weighted by atomic mass is 10.2. The van der Waals surface area contributed by atoms with Gasteiger partial charge in [0, 0.05) is 12.6 Å². The molecule has 0 spiro atoms. The predicted octanol–water partition coefficient (Wildman–Crippen LogP) is 1.96. The summed E-state index contributed by atoms with van der Waals surface area (Å²) in [6.07, 6.45) is 1.85. The van der Waals surface area contributed by atoms with E-state index in [-0.39, 0.29) is 11.8 Å². The Morgan fingerprint density at radius 1 is 1.33 bits per heavy atom. The van der Waals surface area contributed by atoms with Crippen molar-refractivity contribution < 1.29 is 14.3 Å². The number of methoxy groups -OCH3 is 1. The Bertz CT molecular complexity index is 449. The van der Waals surface area contributed by atoms with Crippen LogP contribution in [0.25, 0.3) is 0 Å². The Balaban J connectivity index is 2.91. The van der Waals surface area contributed by atoms with Crippen molar-refractivity contribution in [3.8, 4) is 5.75 Å². The van der Waals surface area contributed by atoms with Crippen LogP contribution in [0, 0.1) is 0 Å². The van der Waals surface area contributed by atoms with E-state index in [0.29, 0.717) is 22.9 Å². The molecule has 0 saturated heterocycles. The molecule has 0 aliphatic heterocycles.